The van der Waals surface area contributed by atoms with Crippen molar-refractivity contribution in [2.24, 2.45) is 0 Å². The van der Waals surface area contributed by atoms with Gasteiger partial charge >= 0.3 is 0 Å². The molecule has 0 atom stereocenters. The van der Waals surface area contributed by atoms with Crippen LogP contribution in [0.4, 0.5) is 5.69 Å². The zero-order valence-corrected chi connectivity index (χ0v) is 18.8. The average Bonchev–Trinajstić information content (AvgIpc) is 2.74. The van der Waals surface area contributed by atoms with Gasteiger partial charge in [0.2, 0.25) is 10.0 Å². The maximum atomic E-state index is 13.1. The van der Waals surface area contributed by atoms with E-state index in [1.807, 2.05) is 0 Å². The molecule has 0 saturated carbocycles. The molecule has 2 aromatic carbocycles. The predicted octanol–water partition coefficient (Wildman–Crippen LogP) is 2.99. The molecule has 1 N–H and O–H groups in total. The lowest BCUT2D eigenvalue weighted by Crippen LogP contribution is -2.36. The Kier molecular flexibility index (Phi) is 6.59. The summed E-state index contributed by atoms with van der Waals surface area (Å²) in [7, 11) is -4.78. The van der Waals surface area contributed by atoms with Gasteiger partial charge in [0.05, 0.1) is 29.7 Å². The molecule has 0 aliphatic carbocycles. The van der Waals surface area contributed by atoms with Gasteiger partial charge in [0.25, 0.3) is 10.0 Å². The highest BCUT2D eigenvalue weighted by molar-refractivity contribution is 7.92. The van der Waals surface area contributed by atoms with Gasteiger partial charge in [-0.05, 0) is 49.6 Å². The highest BCUT2D eigenvalue weighted by atomic mass is 32.2. The van der Waals surface area contributed by atoms with Crippen LogP contribution in [0.3, 0.4) is 0 Å². The van der Waals surface area contributed by atoms with Crippen molar-refractivity contribution < 1.29 is 26.3 Å². The molecule has 0 aromatic heterocycles. The number of aryl methyl sites for hydroxylation is 1. The van der Waals surface area contributed by atoms with Crippen LogP contribution in [0.15, 0.2) is 46.2 Å². The Morgan fingerprint density at radius 1 is 0.867 bits per heavy atom. The number of benzene rings is 2. The molecule has 0 spiro atoms. The van der Waals surface area contributed by atoms with E-state index in [1.165, 1.54) is 42.8 Å². The van der Waals surface area contributed by atoms with Crippen molar-refractivity contribution in [3.05, 3.63) is 42.0 Å². The second kappa shape index (κ2) is 8.83. The highest BCUT2D eigenvalue weighted by Gasteiger charge is 2.28. The van der Waals surface area contributed by atoms with Crippen molar-refractivity contribution in [3.63, 3.8) is 0 Å². The number of anilines is 1. The van der Waals surface area contributed by atoms with Crippen LogP contribution >= 0.6 is 0 Å². The van der Waals surface area contributed by atoms with Crippen LogP contribution in [0.5, 0.6) is 11.5 Å². The minimum Gasteiger partial charge on any atom is -0.493 e. The minimum atomic E-state index is -3.96. The van der Waals surface area contributed by atoms with E-state index in [2.05, 4.69) is 4.72 Å². The Morgan fingerprint density at radius 2 is 1.53 bits per heavy atom. The zero-order chi connectivity index (χ0) is 21.9. The maximum Gasteiger partial charge on any atom is 0.262 e. The Balaban J connectivity index is 1.93. The number of ether oxygens (including phenoxy) is 2. The van der Waals surface area contributed by atoms with Crippen molar-refractivity contribution in [2.45, 2.75) is 36.0 Å². The fraction of sp³-hybridized carbons (Fsp3) is 0.400. The lowest BCUT2D eigenvalue weighted by molar-refractivity contribution is 0.346. The van der Waals surface area contributed by atoms with Crippen LogP contribution in [0.1, 0.15) is 24.8 Å². The number of nitrogens with one attached hydrogen (secondary N) is 1. The summed E-state index contributed by atoms with van der Waals surface area (Å²) >= 11 is 0. The fourth-order valence-corrected chi connectivity index (χ4v) is 6.22. The van der Waals surface area contributed by atoms with Crippen LogP contribution in [0.2, 0.25) is 0 Å². The molecule has 164 valence electrons. The van der Waals surface area contributed by atoms with E-state index in [0.29, 0.717) is 24.4 Å². The SMILES string of the molecule is COc1ccc(S(=O)(=O)Nc2ccc(C)c(S(=O)(=O)N3CCCCC3)c2)cc1OC. The van der Waals surface area contributed by atoms with Gasteiger partial charge in [0.15, 0.2) is 11.5 Å². The zero-order valence-electron chi connectivity index (χ0n) is 17.2. The summed E-state index contributed by atoms with van der Waals surface area (Å²) in [5, 5.41) is 0. The number of piperidine rings is 1. The summed E-state index contributed by atoms with van der Waals surface area (Å²) in [5.41, 5.74) is 0.737. The molecule has 3 rings (SSSR count). The van der Waals surface area contributed by atoms with Gasteiger partial charge in [-0.1, -0.05) is 12.5 Å². The van der Waals surface area contributed by atoms with E-state index in [9.17, 15) is 16.8 Å². The third kappa shape index (κ3) is 4.55. The summed E-state index contributed by atoms with van der Waals surface area (Å²) in [4.78, 5) is 0.0816. The Bertz CT molecular complexity index is 1120. The predicted molar refractivity (Wildman–Crippen MR) is 114 cm³/mol. The molecule has 0 unspecified atom stereocenters. The van der Waals surface area contributed by atoms with Crippen molar-refractivity contribution in [3.8, 4) is 11.5 Å². The molecule has 1 aliphatic rings. The molecule has 1 saturated heterocycles. The minimum absolute atomic E-state index is 0.0267. The molecule has 2 aromatic rings. The molecule has 0 radical (unpaired) electrons. The number of hydrogen-bond donors (Lipinski definition) is 1. The van der Waals surface area contributed by atoms with E-state index in [-0.39, 0.29) is 21.2 Å². The third-order valence-electron chi connectivity index (χ3n) is 5.04. The third-order valence-corrected chi connectivity index (χ3v) is 8.46. The number of nitrogens with zero attached hydrogens (tertiary/aromatic N) is 1. The number of rotatable bonds is 7. The maximum absolute atomic E-state index is 13.1. The first-order valence-electron chi connectivity index (χ1n) is 9.54. The number of hydrogen-bond acceptors (Lipinski definition) is 6. The molecule has 8 nitrogen and oxygen atoms in total. The first kappa shape index (κ1) is 22.4. The molecule has 0 bridgehead atoms. The Hall–Kier alpha value is -2.30. The number of sulfonamides is 2. The van der Waals surface area contributed by atoms with Crippen molar-refractivity contribution in [1.82, 2.24) is 4.31 Å². The summed E-state index contributed by atoms with van der Waals surface area (Å²) < 4.78 is 66.1. The van der Waals surface area contributed by atoms with Crippen molar-refractivity contribution >= 4 is 25.7 Å². The van der Waals surface area contributed by atoms with Crippen LogP contribution < -0.4 is 14.2 Å². The summed E-state index contributed by atoms with van der Waals surface area (Å²) in [6.07, 6.45) is 2.66. The average molecular weight is 455 g/mol. The quantitative estimate of drug-likeness (QED) is 0.690. The summed E-state index contributed by atoms with van der Waals surface area (Å²) in [5.74, 6) is 0.680. The molecule has 1 fully saturated rings. The molecule has 30 heavy (non-hydrogen) atoms. The van der Waals surface area contributed by atoms with Gasteiger partial charge in [-0.25, -0.2) is 16.8 Å². The standard InChI is InChI=1S/C20H26N2O6S2/c1-15-7-8-16(13-20(15)30(25,26)22-11-5-4-6-12-22)21-29(23,24)17-9-10-18(27-2)19(14-17)28-3/h7-10,13-14,21H,4-6,11-12H2,1-3H3. The van der Waals surface area contributed by atoms with E-state index in [4.69, 9.17) is 9.47 Å². The van der Waals surface area contributed by atoms with Crippen LogP contribution in [-0.4, -0.2) is 48.4 Å². The highest BCUT2D eigenvalue weighted by Crippen LogP contribution is 2.31. The smallest absolute Gasteiger partial charge is 0.262 e. The van der Waals surface area contributed by atoms with Gasteiger partial charge in [0.1, 0.15) is 0 Å². The number of methoxy groups -OCH3 is 2. The lowest BCUT2D eigenvalue weighted by Gasteiger charge is -2.26. The topological polar surface area (TPSA) is 102 Å². The largest absolute Gasteiger partial charge is 0.493 e. The van der Waals surface area contributed by atoms with Gasteiger partial charge < -0.3 is 9.47 Å². The lowest BCUT2D eigenvalue weighted by atomic mass is 10.2. The van der Waals surface area contributed by atoms with Gasteiger partial charge in [-0.2, -0.15) is 4.31 Å². The van der Waals surface area contributed by atoms with Crippen LogP contribution in [-0.2, 0) is 20.0 Å². The van der Waals surface area contributed by atoms with E-state index >= 15 is 0 Å². The molecular formula is C20H26N2O6S2. The molecule has 10 heteroatoms. The van der Waals surface area contributed by atoms with Crippen LogP contribution in [0.25, 0.3) is 0 Å². The summed E-state index contributed by atoms with van der Waals surface area (Å²) in [6.45, 7) is 2.65. The van der Waals surface area contributed by atoms with Gasteiger partial charge in [-0.15, -0.1) is 0 Å². The van der Waals surface area contributed by atoms with Crippen molar-refractivity contribution in [1.29, 1.82) is 0 Å². The van der Waals surface area contributed by atoms with E-state index < -0.39 is 20.0 Å². The fourth-order valence-electron chi connectivity index (χ4n) is 3.38. The second-order valence-electron chi connectivity index (χ2n) is 7.07. The Labute approximate surface area is 177 Å². The molecule has 1 aliphatic heterocycles. The Morgan fingerprint density at radius 3 is 2.17 bits per heavy atom. The first-order chi connectivity index (χ1) is 14.2. The van der Waals surface area contributed by atoms with Gasteiger partial charge in [-0.3, -0.25) is 4.72 Å². The van der Waals surface area contributed by atoms with E-state index in [0.717, 1.165) is 19.3 Å². The van der Waals surface area contributed by atoms with Crippen LogP contribution in [0, 0.1) is 6.92 Å². The van der Waals surface area contributed by atoms with E-state index in [1.54, 1.807) is 19.1 Å². The van der Waals surface area contributed by atoms with Crippen molar-refractivity contribution in [2.75, 3.05) is 32.0 Å². The molecule has 1 heterocycles. The second-order valence-corrected chi connectivity index (χ2v) is 10.7. The molecular weight excluding hydrogens is 428 g/mol. The monoisotopic (exact) mass is 454 g/mol. The van der Waals surface area contributed by atoms with Gasteiger partial charge in [0, 0.05) is 19.2 Å². The molecule has 0 amide bonds. The first-order valence-corrected chi connectivity index (χ1v) is 12.5. The normalized spacial score (nSPS) is 15.6. The summed E-state index contributed by atoms with van der Waals surface area (Å²) in [6, 6.07) is 8.75.